The Kier molecular flexibility index (Phi) is 6.74. The van der Waals surface area contributed by atoms with Crippen molar-refractivity contribution in [3.8, 4) is 0 Å². The van der Waals surface area contributed by atoms with Crippen molar-refractivity contribution in [3.63, 3.8) is 0 Å². The quantitative estimate of drug-likeness (QED) is 0.545. The van der Waals surface area contributed by atoms with Crippen LogP contribution in [0.2, 0.25) is 0 Å². The maximum Gasteiger partial charge on any atom is 0.238 e. The summed E-state index contributed by atoms with van der Waals surface area (Å²) in [4.78, 5) is 7.82. The van der Waals surface area contributed by atoms with Crippen LogP contribution in [0.1, 0.15) is 6.42 Å². The van der Waals surface area contributed by atoms with Crippen LogP contribution in [0.5, 0.6) is 0 Å². The van der Waals surface area contributed by atoms with Gasteiger partial charge < -0.3 is 10.6 Å². The first-order valence-electron chi connectivity index (χ1n) is 9.15. The highest BCUT2D eigenvalue weighted by Gasteiger charge is 2.14. The van der Waals surface area contributed by atoms with Crippen molar-refractivity contribution in [2.75, 3.05) is 24.7 Å². The average molecular weight is 481 g/mol. The fourth-order valence-corrected chi connectivity index (χ4v) is 3.93. The van der Waals surface area contributed by atoms with Gasteiger partial charge in [-0.1, -0.05) is 12.1 Å². The summed E-state index contributed by atoms with van der Waals surface area (Å²) in [5, 5.41) is 11.9. The Hall–Kier alpha value is -3.13. The molecule has 0 amide bonds. The van der Waals surface area contributed by atoms with E-state index in [1.807, 2.05) is 0 Å². The topological polar surface area (TPSA) is 147 Å². The van der Waals surface area contributed by atoms with E-state index in [1.165, 1.54) is 32.3 Å². The van der Waals surface area contributed by atoms with Crippen LogP contribution in [-0.2, 0) is 20.0 Å². The molecule has 1 aromatic heterocycles. The molecule has 1 aromatic carbocycles. The maximum absolute atomic E-state index is 14.3. The first kappa shape index (κ1) is 23.5. The molecule has 13 heteroatoms. The van der Waals surface area contributed by atoms with Crippen LogP contribution < -0.4 is 15.8 Å². The Morgan fingerprint density at radius 3 is 2.62 bits per heavy atom. The number of primary sulfonamides is 1. The lowest BCUT2D eigenvalue weighted by Gasteiger charge is -2.14. The number of nitrogens with two attached hydrogens (primary N) is 1. The lowest BCUT2D eigenvalue weighted by molar-refractivity contribution is 0.530. The third-order valence-corrected chi connectivity index (χ3v) is 6.76. The number of aromatic nitrogens is 2. The number of rotatable bonds is 7. The first-order chi connectivity index (χ1) is 14.9. The number of nitrogens with one attached hydrogen (secondary N) is 2. The molecule has 0 atom stereocenters. The second kappa shape index (κ2) is 9.16. The van der Waals surface area contributed by atoms with Gasteiger partial charge in [0.05, 0.1) is 11.1 Å². The van der Waals surface area contributed by atoms with Crippen molar-refractivity contribution >= 4 is 37.5 Å². The molecule has 0 radical (unpaired) electrons. The van der Waals surface area contributed by atoms with E-state index in [9.17, 15) is 21.2 Å². The van der Waals surface area contributed by atoms with E-state index in [1.54, 1.807) is 24.3 Å². The molecule has 0 saturated carbocycles. The molecular weight excluding hydrogens is 459 g/mol. The largest absolute Gasteiger partial charge is 0.338 e. The Balaban J connectivity index is 1.84. The first-order valence-corrected chi connectivity index (χ1v) is 12.2. The highest BCUT2D eigenvalue weighted by molar-refractivity contribution is 7.92. The number of hydrogen-bond acceptors (Lipinski definition) is 8. The molecule has 2 aromatic rings. The van der Waals surface area contributed by atoms with Crippen LogP contribution in [0.15, 0.2) is 70.3 Å². The molecule has 1 heterocycles. The van der Waals surface area contributed by atoms with Gasteiger partial charge >= 0.3 is 0 Å². The van der Waals surface area contributed by atoms with Crippen molar-refractivity contribution in [1.29, 1.82) is 0 Å². The molecular formula is C19H21FN6O4S2. The monoisotopic (exact) mass is 480 g/mol. The zero-order valence-electron chi connectivity index (χ0n) is 17.1. The van der Waals surface area contributed by atoms with E-state index in [0.29, 0.717) is 23.4 Å². The second-order valence-electron chi connectivity index (χ2n) is 6.94. The normalized spacial score (nSPS) is 15.7. The highest BCUT2D eigenvalue weighted by atomic mass is 32.2. The molecule has 0 aliphatic heterocycles. The zero-order valence-corrected chi connectivity index (χ0v) is 18.8. The lowest BCUT2D eigenvalue weighted by Crippen LogP contribution is -2.20. The number of anilines is 3. The summed E-state index contributed by atoms with van der Waals surface area (Å²) in [5.41, 5.74) is 1.28. The molecule has 32 heavy (non-hydrogen) atoms. The predicted octanol–water partition coefficient (Wildman–Crippen LogP) is 2.04. The Morgan fingerprint density at radius 1 is 1.19 bits per heavy atom. The molecule has 0 unspecified atom stereocenters. The SMILES string of the molecule is CN(C)S(=O)(=O)C=C1C=C(Nc2nc(Nc3cccc(S(N)(=O)=O)c3)ncc2F)C=CC1. The molecule has 0 fully saturated rings. The van der Waals surface area contributed by atoms with Crippen LogP contribution in [0.3, 0.4) is 0 Å². The number of nitrogens with zero attached hydrogens (tertiary/aromatic N) is 3. The van der Waals surface area contributed by atoms with Gasteiger partial charge in [-0.15, -0.1) is 0 Å². The Morgan fingerprint density at radius 2 is 1.94 bits per heavy atom. The van der Waals surface area contributed by atoms with Crippen molar-refractivity contribution in [2.45, 2.75) is 11.3 Å². The van der Waals surface area contributed by atoms with Gasteiger partial charge in [0.2, 0.25) is 26.0 Å². The minimum Gasteiger partial charge on any atom is -0.338 e. The standard InChI is InChI=1S/C19H21FN6O4S2/c1-26(2)31(27,28)12-13-5-3-6-14(9-13)23-18-17(20)11-22-19(25-18)24-15-7-4-8-16(10-15)32(21,29)30/h3-4,6-12H,5H2,1-2H3,(H2,21,29,30)(H2,22,23,24,25). The molecule has 4 N–H and O–H groups in total. The number of sulfonamides is 2. The third-order valence-electron chi connectivity index (χ3n) is 4.23. The number of allylic oxidation sites excluding steroid dienone is 4. The van der Waals surface area contributed by atoms with Crippen LogP contribution in [0, 0.1) is 5.82 Å². The van der Waals surface area contributed by atoms with Crippen LogP contribution >= 0.6 is 0 Å². The Bertz CT molecular complexity index is 1340. The van der Waals surface area contributed by atoms with Crippen LogP contribution in [0.25, 0.3) is 0 Å². The van der Waals surface area contributed by atoms with E-state index >= 15 is 0 Å². The summed E-state index contributed by atoms with van der Waals surface area (Å²) in [7, 11) is -4.59. The minimum atomic E-state index is -3.89. The average Bonchev–Trinajstić information content (AvgIpc) is 2.70. The summed E-state index contributed by atoms with van der Waals surface area (Å²) < 4.78 is 62.5. The molecule has 0 saturated heterocycles. The van der Waals surface area contributed by atoms with Crippen molar-refractivity contribution in [3.05, 3.63) is 71.2 Å². The van der Waals surface area contributed by atoms with Gasteiger partial charge in [-0.2, -0.15) is 4.98 Å². The van der Waals surface area contributed by atoms with Crippen LogP contribution in [0.4, 0.5) is 21.8 Å². The molecule has 0 spiro atoms. The molecule has 0 bridgehead atoms. The fraction of sp³-hybridized carbons (Fsp3) is 0.158. The molecule has 1 aliphatic carbocycles. The van der Waals surface area contributed by atoms with E-state index in [2.05, 4.69) is 20.6 Å². The van der Waals surface area contributed by atoms with E-state index < -0.39 is 25.9 Å². The van der Waals surface area contributed by atoms with Gasteiger partial charge in [0.1, 0.15) is 0 Å². The van der Waals surface area contributed by atoms with Crippen molar-refractivity contribution < 1.29 is 21.2 Å². The smallest absolute Gasteiger partial charge is 0.238 e. The summed E-state index contributed by atoms with van der Waals surface area (Å²) in [6.07, 6.45) is 6.32. The van der Waals surface area contributed by atoms with Gasteiger partial charge in [-0.3, -0.25) is 0 Å². The summed E-state index contributed by atoms with van der Waals surface area (Å²) in [6, 6.07) is 5.69. The van der Waals surface area contributed by atoms with Crippen molar-refractivity contribution in [2.24, 2.45) is 5.14 Å². The minimum absolute atomic E-state index is 0.00631. The van der Waals surface area contributed by atoms with Gasteiger partial charge in [0.15, 0.2) is 11.6 Å². The maximum atomic E-state index is 14.3. The van der Waals surface area contributed by atoms with Gasteiger partial charge in [-0.05, 0) is 42.3 Å². The molecule has 10 nitrogen and oxygen atoms in total. The van der Waals surface area contributed by atoms with Gasteiger partial charge in [0.25, 0.3) is 0 Å². The highest BCUT2D eigenvalue weighted by Crippen LogP contribution is 2.23. The van der Waals surface area contributed by atoms with E-state index in [0.717, 1.165) is 15.9 Å². The lowest BCUT2D eigenvalue weighted by atomic mass is 10.1. The van der Waals surface area contributed by atoms with Gasteiger partial charge in [-0.25, -0.2) is 35.7 Å². The number of hydrogen-bond donors (Lipinski definition) is 3. The second-order valence-corrected chi connectivity index (χ2v) is 10.5. The molecule has 3 rings (SSSR count). The van der Waals surface area contributed by atoms with Crippen LogP contribution in [-0.4, -0.2) is 45.2 Å². The predicted molar refractivity (Wildman–Crippen MR) is 119 cm³/mol. The van der Waals surface area contributed by atoms with E-state index in [-0.39, 0.29) is 16.7 Å². The van der Waals surface area contributed by atoms with Crippen molar-refractivity contribution in [1.82, 2.24) is 14.3 Å². The number of halogens is 1. The van der Waals surface area contributed by atoms with Gasteiger partial charge in [0, 0.05) is 30.9 Å². The number of benzene rings is 1. The third kappa shape index (κ3) is 5.97. The zero-order chi connectivity index (χ0) is 23.5. The summed E-state index contributed by atoms with van der Waals surface area (Å²) in [5.74, 6) is -0.885. The fourth-order valence-electron chi connectivity index (χ4n) is 2.62. The molecule has 170 valence electrons. The van der Waals surface area contributed by atoms with E-state index in [4.69, 9.17) is 5.14 Å². The summed E-state index contributed by atoms with van der Waals surface area (Å²) in [6.45, 7) is 0. The summed E-state index contributed by atoms with van der Waals surface area (Å²) >= 11 is 0. The molecule has 1 aliphatic rings. The Labute approximate surface area is 185 Å².